The zero-order chi connectivity index (χ0) is 13.6. The Morgan fingerprint density at radius 1 is 1.37 bits per heavy atom. The molecule has 0 unspecified atom stereocenters. The van der Waals surface area contributed by atoms with Crippen molar-refractivity contribution in [1.29, 1.82) is 0 Å². The number of aromatic nitrogens is 5. The van der Waals surface area contributed by atoms with Crippen molar-refractivity contribution in [2.45, 2.75) is 20.3 Å². The third-order valence-corrected chi connectivity index (χ3v) is 3.41. The normalized spacial score (nSPS) is 11.3. The lowest BCUT2D eigenvalue weighted by molar-refractivity contribution is 0.746. The summed E-state index contributed by atoms with van der Waals surface area (Å²) in [4.78, 5) is 7.78. The highest BCUT2D eigenvalue weighted by atomic mass is 32.1. The van der Waals surface area contributed by atoms with Crippen molar-refractivity contribution in [3.63, 3.8) is 0 Å². The molecule has 0 saturated heterocycles. The van der Waals surface area contributed by atoms with E-state index in [0.29, 0.717) is 4.77 Å². The number of hydrogen-bond acceptors (Lipinski definition) is 3. The fourth-order valence-corrected chi connectivity index (χ4v) is 2.56. The maximum absolute atomic E-state index is 5.43. The number of nitrogens with one attached hydrogen (secondary N) is 1. The van der Waals surface area contributed by atoms with Gasteiger partial charge >= 0.3 is 0 Å². The van der Waals surface area contributed by atoms with Crippen LogP contribution in [0.1, 0.15) is 18.3 Å². The van der Waals surface area contributed by atoms with Crippen LogP contribution in [-0.2, 0) is 13.5 Å². The fourth-order valence-electron chi connectivity index (χ4n) is 2.26. The minimum atomic E-state index is 0.649. The molecule has 0 bridgehead atoms. The Balaban J connectivity index is 2.38. The molecule has 0 atom stereocenters. The molecule has 0 radical (unpaired) electrons. The highest BCUT2D eigenvalue weighted by Gasteiger charge is 2.13. The predicted molar refractivity (Wildman–Crippen MR) is 77.1 cm³/mol. The molecule has 0 aromatic carbocycles. The van der Waals surface area contributed by atoms with E-state index < -0.39 is 0 Å². The van der Waals surface area contributed by atoms with Gasteiger partial charge < -0.3 is 4.98 Å². The molecule has 3 aromatic rings. The minimum Gasteiger partial charge on any atom is -0.329 e. The van der Waals surface area contributed by atoms with E-state index >= 15 is 0 Å². The van der Waals surface area contributed by atoms with Crippen molar-refractivity contribution < 1.29 is 0 Å². The number of aromatic amines is 1. The first-order chi connectivity index (χ1) is 9.10. The van der Waals surface area contributed by atoms with Crippen LogP contribution in [0, 0.1) is 11.7 Å². The first kappa shape index (κ1) is 12.1. The minimum absolute atomic E-state index is 0.649. The summed E-state index contributed by atoms with van der Waals surface area (Å²) < 4.78 is 4.42. The Labute approximate surface area is 115 Å². The summed E-state index contributed by atoms with van der Waals surface area (Å²) in [6.07, 6.45) is 2.84. The van der Waals surface area contributed by atoms with Crippen LogP contribution >= 0.6 is 12.2 Å². The topological polar surface area (TPSA) is 51.4 Å². The monoisotopic (exact) mass is 273 g/mol. The average Bonchev–Trinajstić information content (AvgIpc) is 2.88. The largest absolute Gasteiger partial charge is 0.329 e. The molecule has 3 rings (SSSR count). The van der Waals surface area contributed by atoms with Crippen molar-refractivity contribution in [2.75, 3.05) is 0 Å². The van der Waals surface area contributed by atoms with E-state index in [-0.39, 0.29) is 0 Å². The van der Waals surface area contributed by atoms with Crippen LogP contribution in [-0.4, -0.2) is 24.3 Å². The van der Waals surface area contributed by atoms with Gasteiger partial charge in [-0.3, -0.25) is 9.25 Å². The van der Waals surface area contributed by atoms with E-state index in [4.69, 9.17) is 12.2 Å². The van der Waals surface area contributed by atoms with E-state index in [1.807, 2.05) is 41.5 Å². The molecule has 6 heteroatoms. The molecule has 3 aromatic heterocycles. The van der Waals surface area contributed by atoms with Gasteiger partial charge in [0.2, 0.25) is 0 Å². The average molecular weight is 273 g/mol. The Morgan fingerprint density at radius 2 is 2.16 bits per heavy atom. The molecule has 5 nitrogen and oxygen atoms in total. The van der Waals surface area contributed by atoms with Crippen LogP contribution in [0.25, 0.3) is 16.9 Å². The zero-order valence-corrected chi connectivity index (χ0v) is 12.0. The molecule has 0 aliphatic heterocycles. The lowest BCUT2D eigenvalue weighted by atomic mass is 10.3. The summed E-state index contributed by atoms with van der Waals surface area (Å²) in [5.74, 6) is 0. The van der Waals surface area contributed by atoms with Crippen LogP contribution in [0.3, 0.4) is 0 Å². The van der Waals surface area contributed by atoms with Gasteiger partial charge in [-0.25, -0.2) is 4.98 Å². The van der Waals surface area contributed by atoms with Gasteiger partial charge in [-0.15, -0.1) is 0 Å². The first-order valence-corrected chi connectivity index (χ1v) is 6.62. The van der Waals surface area contributed by atoms with Crippen molar-refractivity contribution >= 4 is 23.4 Å². The van der Waals surface area contributed by atoms with E-state index in [9.17, 15) is 0 Å². The summed E-state index contributed by atoms with van der Waals surface area (Å²) in [7, 11) is 1.92. The zero-order valence-electron chi connectivity index (χ0n) is 11.1. The summed E-state index contributed by atoms with van der Waals surface area (Å²) in [6, 6.07) is 3.98. The number of fused-ring (bicyclic) bond motifs is 1. The van der Waals surface area contributed by atoms with Gasteiger partial charge in [-0.1, -0.05) is 6.92 Å². The van der Waals surface area contributed by atoms with Crippen molar-refractivity contribution in [2.24, 2.45) is 7.05 Å². The standard InChI is InChI=1S/C13H15N5S/c1-4-9-11(7-17(3)16-9)18-12-10(15-13(18)19)6-5-8(2)14-12/h5-7H,4H2,1-3H3,(H,15,19). The molecule has 0 aliphatic rings. The van der Waals surface area contributed by atoms with Crippen LogP contribution in [0.4, 0.5) is 0 Å². The smallest absolute Gasteiger partial charge is 0.184 e. The summed E-state index contributed by atoms with van der Waals surface area (Å²) in [5.41, 5.74) is 4.79. The molecular weight excluding hydrogens is 258 g/mol. The second kappa shape index (κ2) is 4.31. The lowest BCUT2D eigenvalue weighted by Crippen LogP contribution is -1.98. The van der Waals surface area contributed by atoms with Crippen LogP contribution < -0.4 is 0 Å². The molecule has 0 fully saturated rings. The second-order valence-electron chi connectivity index (χ2n) is 4.58. The van der Waals surface area contributed by atoms with Gasteiger partial charge in [-0.2, -0.15) is 5.10 Å². The van der Waals surface area contributed by atoms with Gasteiger partial charge in [0, 0.05) is 18.9 Å². The van der Waals surface area contributed by atoms with E-state index in [1.54, 1.807) is 0 Å². The van der Waals surface area contributed by atoms with Crippen molar-refractivity contribution in [3.05, 3.63) is 34.5 Å². The van der Waals surface area contributed by atoms with Gasteiger partial charge in [0.25, 0.3) is 0 Å². The van der Waals surface area contributed by atoms with E-state index in [1.165, 1.54) is 0 Å². The summed E-state index contributed by atoms with van der Waals surface area (Å²) in [5, 5.41) is 4.46. The number of hydrogen-bond donors (Lipinski definition) is 1. The highest BCUT2D eigenvalue weighted by molar-refractivity contribution is 7.71. The Bertz CT molecular complexity index is 808. The number of pyridine rings is 1. The molecule has 0 spiro atoms. The third kappa shape index (κ3) is 1.88. The van der Waals surface area contributed by atoms with Gasteiger partial charge in [0.05, 0.1) is 16.9 Å². The molecule has 98 valence electrons. The third-order valence-electron chi connectivity index (χ3n) is 3.13. The maximum Gasteiger partial charge on any atom is 0.184 e. The van der Waals surface area contributed by atoms with Crippen molar-refractivity contribution in [1.82, 2.24) is 24.3 Å². The molecule has 1 N–H and O–H groups in total. The molecule has 0 aliphatic carbocycles. The quantitative estimate of drug-likeness (QED) is 0.730. The molecule has 0 saturated carbocycles. The molecule has 19 heavy (non-hydrogen) atoms. The van der Waals surface area contributed by atoms with E-state index in [0.717, 1.165) is 34.7 Å². The Morgan fingerprint density at radius 3 is 2.89 bits per heavy atom. The van der Waals surface area contributed by atoms with Crippen LogP contribution in [0.5, 0.6) is 0 Å². The number of aryl methyl sites for hydroxylation is 3. The fraction of sp³-hybridized carbons (Fsp3) is 0.308. The first-order valence-electron chi connectivity index (χ1n) is 6.21. The Kier molecular flexibility index (Phi) is 2.74. The van der Waals surface area contributed by atoms with Crippen molar-refractivity contribution in [3.8, 4) is 5.69 Å². The van der Waals surface area contributed by atoms with Gasteiger partial charge in [0.1, 0.15) is 0 Å². The summed E-state index contributed by atoms with van der Waals surface area (Å²) >= 11 is 5.43. The number of imidazole rings is 1. The SMILES string of the molecule is CCc1nn(C)cc1-n1c(=S)[nH]c2ccc(C)nc21. The number of H-pyrrole nitrogens is 1. The second-order valence-corrected chi connectivity index (χ2v) is 4.96. The predicted octanol–water partition coefficient (Wildman–Crippen LogP) is 2.69. The molecule has 3 heterocycles. The number of nitrogens with zero attached hydrogens (tertiary/aromatic N) is 4. The highest BCUT2D eigenvalue weighted by Crippen LogP contribution is 2.21. The number of rotatable bonds is 2. The molecule has 0 amide bonds. The van der Waals surface area contributed by atoms with Crippen LogP contribution in [0.2, 0.25) is 0 Å². The van der Waals surface area contributed by atoms with Gasteiger partial charge in [0.15, 0.2) is 10.4 Å². The van der Waals surface area contributed by atoms with E-state index in [2.05, 4.69) is 22.0 Å². The maximum atomic E-state index is 5.43. The Hall–Kier alpha value is -1.95. The van der Waals surface area contributed by atoms with Gasteiger partial charge in [-0.05, 0) is 37.7 Å². The lowest BCUT2D eigenvalue weighted by Gasteiger charge is -2.03. The summed E-state index contributed by atoms with van der Waals surface area (Å²) in [6.45, 7) is 4.06. The van der Waals surface area contributed by atoms with Crippen LogP contribution in [0.15, 0.2) is 18.3 Å². The molecular formula is C13H15N5S.